The summed E-state index contributed by atoms with van der Waals surface area (Å²) in [7, 11) is 3.36. The number of carbonyl (C=O) groups excluding carboxylic acids is 1. The number of nitrogens with one attached hydrogen (secondary N) is 1. The maximum atomic E-state index is 11.5. The molecule has 20 heavy (non-hydrogen) atoms. The molecule has 0 aliphatic carbocycles. The highest BCUT2D eigenvalue weighted by atomic mass is 16.1. The van der Waals surface area contributed by atoms with Crippen LogP contribution in [0.3, 0.4) is 0 Å². The normalized spacial score (nSPS) is 10.9. The first-order valence-corrected chi connectivity index (χ1v) is 5.82. The van der Waals surface area contributed by atoms with Crippen molar-refractivity contribution in [2.45, 2.75) is 0 Å². The Bertz CT molecular complexity index is 802. The molecule has 0 unspecified atom stereocenters. The lowest BCUT2D eigenvalue weighted by atomic mass is 10.3. The predicted molar refractivity (Wildman–Crippen MR) is 71.2 cm³/mol. The molecule has 3 aromatic heterocycles. The third-order valence-electron chi connectivity index (χ3n) is 2.85. The summed E-state index contributed by atoms with van der Waals surface area (Å²) in [5, 5.41) is 6.58. The average molecular weight is 272 g/mol. The summed E-state index contributed by atoms with van der Waals surface area (Å²) in [6, 6.07) is 0. The molecule has 1 amide bonds. The van der Waals surface area contributed by atoms with E-state index in [2.05, 4.69) is 25.4 Å². The zero-order valence-electron chi connectivity index (χ0n) is 10.9. The number of hydrogen-bond donors (Lipinski definition) is 2. The SMILES string of the molecule is CNC(=O)c1cnn(-c2nc(N)c3ncn(C)c3n2)c1. The third-order valence-corrected chi connectivity index (χ3v) is 2.85. The second-order valence-electron chi connectivity index (χ2n) is 4.19. The van der Waals surface area contributed by atoms with E-state index < -0.39 is 0 Å². The maximum Gasteiger partial charge on any atom is 0.254 e. The fourth-order valence-corrected chi connectivity index (χ4v) is 1.81. The molecule has 0 aliphatic rings. The molecule has 0 saturated carbocycles. The summed E-state index contributed by atoms with van der Waals surface area (Å²) < 4.78 is 3.13. The van der Waals surface area contributed by atoms with Crippen LogP contribution in [-0.2, 0) is 7.05 Å². The van der Waals surface area contributed by atoms with Gasteiger partial charge in [0.15, 0.2) is 11.5 Å². The molecule has 0 saturated heterocycles. The number of hydrogen-bond acceptors (Lipinski definition) is 6. The Balaban J connectivity index is 2.12. The summed E-state index contributed by atoms with van der Waals surface area (Å²) in [5.41, 5.74) is 7.41. The smallest absolute Gasteiger partial charge is 0.254 e. The number of aromatic nitrogens is 6. The Kier molecular flexibility index (Phi) is 2.60. The molecular weight excluding hydrogens is 260 g/mol. The van der Waals surface area contributed by atoms with Crippen LogP contribution >= 0.6 is 0 Å². The zero-order chi connectivity index (χ0) is 14.3. The number of fused-ring (bicyclic) bond motifs is 1. The van der Waals surface area contributed by atoms with Crippen LogP contribution in [0.15, 0.2) is 18.7 Å². The van der Waals surface area contributed by atoms with Crippen LogP contribution in [0, 0.1) is 0 Å². The van der Waals surface area contributed by atoms with E-state index in [9.17, 15) is 4.79 Å². The van der Waals surface area contributed by atoms with E-state index in [1.165, 1.54) is 17.1 Å². The van der Waals surface area contributed by atoms with Gasteiger partial charge < -0.3 is 15.6 Å². The van der Waals surface area contributed by atoms with E-state index >= 15 is 0 Å². The standard InChI is InChI=1S/C11H12N8O/c1-13-10(20)6-3-15-19(4-6)11-16-8(12)7-9(17-11)18(2)5-14-7/h3-5H,1-2H3,(H,13,20)(H2,12,16,17). The van der Waals surface area contributed by atoms with Crippen molar-refractivity contribution >= 4 is 22.9 Å². The summed E-state index contributed by atoms with van der Waals surface area (Å²) in [5.74, 6) is 0.321. The molecule has 0 aliphatic heterocycles. The number of anilines is 1. The van der Waals surface area contributed by atoms with E-state index in [-0.39, 0.29) is 17.7 Å². The lowest BCUT2D eigenvalue weighted by Gasteiger charge is -2.02. The number of aryl methyl sites for hydroxylation is 1. The van der Waals surface area contributed by atoms with Crippen LogP contribution < -0.4 is 11.1 Å². The van der Waals surface area contributed by atoms with Crippen molar-refractivity contribution in [3.05, 3.63) is 24.3 Å². The average Bonchev–Trinajstić information content (AvgIpc) is 3.06. The van der Waals surface area contributed by atoms with Crippen molar-refractivity contribution in [1.29, 1.82) is 0 Å². The number of nitrogens with two attached hydrogens (primary N) is 1. The van der Waals surface area contributed by atoms with E-state index in [0.29, 0.717) is 16.7 Å². The Hall–Kier alpha value is -2.97. The minimum atomic E-state index is -0.231. The number of imidazole rings is 1. The predicted octanol–water partition coefficient (Wildman–Crippen LogP) is -0.509. The maximum absolute atomic E-state index is 11.5. The van der Waals surface area contributed by atoms with Crippen LogP contribution in [-0.4, -0.2) is 42.3 Å². The molecule has 3 aromatic rings. The molecule has 102 valence electrons. The molecule has 3 rings (SSSR count). The quantitative estimate of drug-likeness (QED) is 0.649. The van der Waals surface area contributed by atoms with E-state index in [1.807, 2.05) is 7.05 Å². The fraction of sp³-hybridized carbons (Fsp3) is 0.182. The molecule has 0 radical (unpaired) electrons. The van der Waals surface area contributed by atoms with Gasteiger partial charge in [0.05, 0.1) is 18.1 Å². The summed E-state index contributed by atoms with van der Waals surface area (Å²) in [6.45, 7) is 0. The first-order valence-electron chi connectivity index (χ1n) is 5.82. The summed E-state index contributed by atoms with van der Waals surface area (Å²) in [4.78, 5) is 24.1. The second-order valence-corrected chi connectivity index (χ2v) is 4.19. The van der Waals surface area contributed by atoms with Crippen LogP contribution in [0.2, 0.25) is 0 Å². The Morgan fingerprint density at radius 3 is 2.95 bits per heavy atom. The van der Waals surface area contributed by atoms with Crippen molar-refractivity contribution in [3.8, 4) is 5.95 Å². The van der Waals surface area contributed by atoms with Gasteiger partial charge in [0.2, 0.25) is 0 Å². The zero-order valence-corrected chi connectivity index (χ0v) is 10.9. The van der Waals surface area contributed by atoms with Crippen LogP contribution in [0.4, 0.5) is 5.82 Å². The minimum absolute atomic E-state index is 0.231. The van der Waals surface area contributed by atoms with Gasteiger partial charge in [-0.2, -0.15) is 15.1 Å². The summed E-state index contributed by atoms with van der Waals surface area (Å²) in [6.07, 6.45) is 4.58. The van der Waals surface area contributed by atoms with Gasteiger partial charge in [-0.05, 0) is 0 Å². The molecule has 3 N–H and O–H groups in total. The summed E-state index contributed by atoms with van der Waals surface area (Å²) >= 11 is 0. The molecule has 0 bridgehead atoms. The first-order chi connectivity index (χ1) is 9.60. The molecule has 0 aromatic carbocycles. The van der Waals surface area contributed by atoms with Gasteiger partial charge in [0, 0.05) is 20.3 Å². The fourth-order valence-electron chi connectivity index (χ4n) is 1.81. The van der Waals surface area contributed by atoms with Crippen LogP contribution in [0.5, 0.6) is 0 Å². The van der Waals surface area contributed by atoms with Gasteiger partial charge in [0.25, 0.3) is 11.9 Å². The molecule has 9 nitrogen and oxygen atoms in total. The molecular formula is C11H12N8O. The minimum Gasteiger partial charge on any atom is -0.382 e. The number of nitrogen functional groups attached to an aromatic ring is 1. The van der Waals surface area contributed by atoms with Gasteiger partial charge in [-0.1, -0.05) is 0 Å². The number of rotatable bonds is 2. The number of carbonyl (C=O) groups is 1. The van der Waals surface area contributed by atoms with Gasteiger partial charge in [-0.25, -0.2) is 9.67 Å². The first kappa shape index (κ1) is 12.1. The topological polar surface area (TPSA) is 117 Å². The van der Waals surface area contributed by atoms with Crippen molar-refractivity contribution in [2.75, 3.05) is 12.8 Å². The van der Waals surface area contributed by atoms with Gasteiger partial charge in [-0.15, -0.1) is 0 Å². The van der Waals surface area contributed by atoms with Gasteiger partial charge in [0.1, 0.15) is 5.52 Å². The highest BCUT2D eigenvalue weighted by molar-refractivity contribution is 5.93. The third kappa shape index (κ3) is 1.76. The van der Waals surface area contributed by atoms with E-state index in [4.69, 9.17) is 5.73 Å². The molecule has 3 heterocycles. The lowest BCUT2D eigenvalue weighted by Crippen LogP contribution is -2.17. The highest BCUT2D eigenvalue weighted by Gasteiger charge is 2.13. The van der Waals surface area contributed by atoms with Crippen molar-refractivity contribution in [3.63, 3.8) is 0 Å². The molecule has 9 heteroatoms. The molecule has 0 fully saturated rings. The molecule has 0 spiro atoms. The lowest BCUT2D eigenvalue weighted by molar-refractivity contribution is 0.0963. The van der Waals surface area contributed by atoms with Crippen LogP contribution in [0.1, 0.15) is 10.4 Å². The Labute approximate surface area is 113 Å². The Morgan fingerprint density at radius 1 is 1.40 bits per heavy atom. The van der Waals surface area contributed by atoms with E-state index in [0.717, 1.165) is 0 Å². The van der Waals surface area contributed by atoms with Crippen molar-refractivity contribution < 1.29 is 4.79 Å². The number of nitrogens with zero attached hydrogens (tertiary/aromatic N) is 6. The van der Waals surface area contributed by atoms with Crippen molar-refractivity contribution in [1.82, 2.24) is 34.6 Å². The van der Waals surface area contributed by atoms with Crippen molar-refractivity contribution in [2.24, 2.45) is 7.05 Å². The number of amides is 1. The molecule has 0 atom stereocenters. The second kappa shape index (κ2) is 4.30. The Morgan fingerprint density at radius 2 is 2.20 bits per heavy atom. The van der Waals surface area contributed by atoms with Crippen LogP contribution in [0.25, 0.3) is 17.1 Å². The largest absolute Gasteiger partial charge is 0.382 e. The highest BCUT2D eigenvalue weighted by Crippen LogP contribution is 2.16. The van der Waals surface area contributed by atoms with Gasteiger partial charge in [-0.3, -0.25) is 4.79 Å². The van der Waals surface area contributed by atoms with E-state index in [1.54, 1.807) is 17.9 Å². The van der Waals surface area contributed by atoms with Gasteiger partial charge >= 0.3 is 0 Å². The monoisotopic (exact) mass is 272 g/mol.